The third kappa shape index (κ3) is 1.34. The van der Waals surface area contributed by atoms with Crippen molar-refractivity contribution in [3.63, 3.8) is 0 Å². The summed E-state index contributed by atoms with van der Waals surface area (Å²) in [5.41, 5.74) is 0. The van der Waals surface area contributed by atoms with Crippen molar-refractivity contribution >= 4 is 12.0 Å². The number of carbonyl (C=O) groups is 2. The monoisotopic (exact) mass is 171 g/mol. The van der Waals surface area contributed by atoms with E-state index in [4.69, 9.17) is 0 Å². The van der Waals surface area contributed by atoms with Gasteiger partial charge in [-0.1, -0.05) is 0 Å². The molecule has 0 spiro atoms. The average Bonchev–Trinajstić information content (AvgIpc) is 2.05. The molecule has 1 aliphatic rings. The minimum absolute atomic E-state index is 0.310. The van der Waals surface area contributed by atoms with E-state index in [1.54, 1.807) is 0 Å². The number of imide groups is 1. The molecule has 0 aromatic carbocycles. The lowest BCUT2D eigenvalue weighted by molar-refractivity contribution is -0.809. The van der Waals surface area contributed by atoms with E-state index in [0.29, 0.717) is 13.1 Å². The summed E-state index contributed by atoms with van der Waals surface area (Å²) in [6.07, 6.45) is 1.36. The van der Waals surface area contributed by atoms with Crippen LogP contribution < -0.4 is 5.11 Å². The topological polar surface area (TPSA) is 57.2 Å². The van der Waals surface area contributed by atoms with Crippen LogP contribution in [0.1, 0.15) is 26.2 Å². The van der Waals surface area contributed by atoms with E-state index < -0.39 is 10.6 Å². The number of piperidine rings is 1. The zero-order valence-corrected chi connectivity index (χ0v) is 7.21. The van der Waals surface area contributed by atoms with Gasteiger partial charge in [0.15, 0.2) is 0 Å². The summed E-state index contributed by atoms with van der Waals surface area (Å²) >= 11 is 0. The predicted octanol–water partition coefficient (Wildman–Crippen LogP) is -0.123. The van der Waals surface area contributed by atoms with E-state index >= 15 is 0 Å². The molecule has 0 bridgehead atoms. The molecule has 0 atom stereocenters. The summed E-state index contributed by atoms with van der Waals surface area (Å²) in [7, 11) is 0. The standard InChI is InChI=1S/C8H13NO3/c1-7(10)9(8(11)12)5-3-2-4-6-9/h2-6H2,1H3. The van der Waals surface area contributed by atoms with Gasteiger partial charge in [0, 0.05) is 0 Å². The van der Waals surface area contributed by atoms with Gasteiger partial charge in [-0.25, -0.2) is 9.28 Å². The van der Waals surface area contributed by atoms with Gasteiger partial charge in [-0.3, -0.25) is 0 Å². The molecule has 68 valence electrons. The van der Waals surface area contributed by atoms with Gasteiger partial charge >= 0.3 is 5.91 Å². The van der Waals surface area contributed by atoms with E-state index in [0.717, 1.165) is 19.3 Å². The number of nitrogens with zero attached hydrogens (tertiary/aromatic N) is 1. The Morgan fingerprint density at radius 2 is 1.67 bits per heavy atom. The molecule has 2 amide bonds. The number of amides is 2. The number of rotatable bonds is 0. The molecular weight excluding hydrogens is 158 g/mol. The maximum atomic E-state index is 11.1. The first kappa shape index (κ1) is 9.19. The number of hydrogen-bond acceptors (Lipinski definition) is 3. The Bertz CT molecular complexity index is 190. The van der Waals surface area contributed by atoms with Crippen LogP contribution in [0.4, 0.5) is 4.79 Å². The number of likely N-dealkylation sites (tertiary alicyclic amines) is 1. The Morgan fingerprint density at radius 1 is 1.17 bits per heavy atom. The summed E-state index contributed by atoms with van der Waals surface area (Å²) in [6, 6.07) is 0. The third-order valence-electron chi connectivity index (χ3n) is 2.53. The van der Waals surface area contributed by atoms with Crippen LogP contribution >= 0.6 is 0 Å². The molecule has 4 nitrogen and oxygen atoms in total. The fraction of sp³-hybridized carbons (Fsp3) is 0.750. The van der Waals surface area contributed by atoms with Crippen LogP contribution in [0.2, 0.25) is 0 Å². The van der Waals surface area contributed by atoms with Crippen molar-refractivity contribution in [2.75, 3.05) is 13.1 Å². The fourth-order valence-electron chi connectivity index (χ4n) is 1.68. The third-order valence-corrected chi connectivity index (χ3v) is 2.53. The summed E-state index contributed by atoms with van der Waals surface area (Å²) < 4.78 is -0.472. The molecule has 0 unspecified atom stereocenters. The fourth-order valence-corrected chi connectivity index (χ4v) is 1.68. The van der Waals surface area contributed by atoms with E-state index in [1.807, 2.05) is 0 Å². The van der Waals surface area contributed by atoms with E-state index in [-0.39, 0.29) is 5.91 Å². The van der Waals surface area contributed by atoms with Crippen molar-refractivity contribution in [1.82, 2.24) is 0 Å². The molecular formula is C8H13NO3. The van der Waals surface area contributed by atoms with Gasteiger partial charge < -0.3 is 9.90 Å². The Labute approximate surface area is 71.4 Å². The summed E-state index contributed by atoms with van der Waals surface area (Å²) in [5, 5.41) is 10.8. The van der Waals surface area contributed by atoms with Gasteiger partial charge in [0.05, 0.1) is 20.0 Å². The first-order valence-corrected chi connectivity index (χ1v) is 4.19. The van der Waals surface area contributed by atoms with Gasteiger partial charge in [-0.2, -0.15) is 0 Å². The molecule has 0 aromatic rings. The smallest absolute Gasteiger partial charge is 0.316 e. The van der Waals surface area contributed by atoms with Gasteiger partial charge in [0.2, 0.25) is 0 Å². The van der Waals surface area contributed by atoms with Gasteiger partial charge in [0.25, 0.3) is 6.09 Å². The van der Waals surface area contributed by atoms with Crippen LogP contribution in [-0.2, 0) is 4.79 Å². The van der Waals surface area contributed by atoms with Crippen molar-refractivity contribution in [3.8, 4) is 0 Å². The quantitative estimate of drug-likeness (QED) is 0.477. The van der Waals surface area contributed by atoms with Crippen LogP contribution in [0.5, 0.6) is 0 Å². The van der Waals surface area contributed by atoms with Crippen LogP contribution in [0.15, 0.2) is 0 Å². The first-order chi connectivity index (χ1) is 5.59. The molecule has 0 saturated carbocycles. The molecule has 1 rings (SSSR count). The van der Waals surface area contributed by atoms with E-state index in [1.165, 1.54) is 6.92 Å². The second-order valence-electron chi connectivity index (χ2n) is 3.26. The Hall–Kier alpha value is -0.900. The SMILES string of the molecule is CC(=O)[N+]1(C(=O)[O-])CCCCC1. The van der Waals surface area contributed by atoms with Crippen molar-refractivity contribution in [3.05, 3.63) is 0 Å². The molecule has 0 radical (unpaired) electrons. The highest BCUT2D eigenvalue weighted by molar-refractivity contribution is 5.77. The molecule has 12 heavy (non-hydrogen) atoms. The molecule has 4 heteroatoms. The van der Waals surface area contributed by atoms with Crippen LogP contribution in [-0.4, -0.2) is 29.6 Å². The number of quaternary nitrogens is 1. The first-order valence-electron chi connectivity index (χ1n) is 4.19. The Balaban J connectivity index is 2.84. The number of carboxylic acid groups (broad SMARTS) is 1. The zero-order valence-electron chi connectivity index (χ0n) is 7.21. The van der Waals surface area contributed by atoms with Gasteiger partial charge in [-0.05, 0) is 19.3 Å². The predicted molar refractivity (Wildman–Crippen MR) is 39.9 cm³/mol. The molecule has 1 aliphatic heterocycles. The Kier molecular flexibility index (Phi) is 2.47. The molecule has 0 aliphatic carbocycles. The highest BCUT2D eigenvalue weighted by Gasteiger charge is 2.37. The van der Waals surface area contributed by atoms with Gasteiger partial charge in [-0.15, -0.1) is 0 Å². The average molecular weight is 171 g/mol. The lowest BCUT2D eigenvalue weighted by Crippen LogP contribution is -2.63. The highest BCUT2D eigenvalue weighted by Crippen LogP contribution is 2.18. The summed E-state index contributed by atoms with van der Waals surface area (Å²) in [6.45, 7) is 2.12. The molecule has 0 N–H and O–H groups in total. The zero-order chi connectivity index (χ0) is 9.19. The lowest BCUT2D eigenvalue weighted by Gasteiger charge is -2.36. The minimum Gasteiger partial charge on any atom is -0.498 e. The Morgan fingerprint density at radius 3 is 1.92 bits per heavy atom. The van der Waals surface area contributed by atoms with E-state index in [9.17, 15) is 14.7 Å². The van der Waals surface area contributed by atoms with Crippen molar-refractivity contribution in [1.29, 1.82) is 0 Å². The maximum absolute atomic E-state index is 11.1. The molecule has 0 aromatic heterocycles. The van der Waals surface area contributed by atoms with Crippen molar-refractivity contribution < 1.29 is 19.2 Å². The van der Waals surface area contributed by atoms with Crippen molar-refractivity contribution in [2.24, 2.45) is 0 Å². The van der Waals surface area contributed by atoms with Gasteiger partial charge in [0.1, 0.15) is 0 Å². The second-order valence-corrected chi connectivity index (χ2v) is 3.26. The molecule has 1 fully saturated rings. The number of carbonyl (C=O) groups excluding carboxylic acids is 2. The van der Waals surface area contributed by atoms with E-state index in [2.05, 4.69) is 0 Å². The van der Waals surface area contributed by atoms with Crippen LogP contribution in [0, 0.1) is 0 Å². The molecule has 1 saturated heterocycles. The van der Waals surface area contributed by atoms with Crippen LogP contribution in [0.3, 0.4) is 0 Å². The second kappa shape index (κ2) is 3.23. The summed E-state index contributed by atoms with van der Waals surface area (Å²) in [4.78, 5) is 21.9. The number of hydrogen-bond donors (Lipinski definition) is 0. The van der Waals surface area contributed by atoms with Crippen molar-refractivity contribution in [2.45, 2.75) is 26.2 Å². The molecule has 1 heterocycles. The van der Waals surface area contributed by atoms with Crippen LogP contribution in [0.25, 0.3) is 0 Å². The lowest BCUT2D eigenvalue weighted by atomic mass is 10.1. The minimum atomic E-state index is -1.25. The highest BCUT2D eigenvalue weighted by atomic mass is 16.4. The maximum Gasteiger partial charge on any atom is 0.316 e. The summed E-state index contributed by atoms with van der Waals surface area (Å²) in [5.74, 6) is -0.310. The normalized spacial score (nSPS) is 21.8. The largest absolute Gasteiger partial charge is 0.498 e.